The highest BCUT2D eigenvalue weighted by molar-refractivity contribution is 7.14. The number of rotatable bonds is 10. The van der Waals surface area contributed by atoms with Gasteiger partial charge in [0.05, 0.1) is 18.4 Å². The van der Waals surface area contributed by atoms with Crippen LogP contribution >= 0.6 is 11.3 Å². The van der Waals surface area contributed by atoms with Crippen LogP contribution in [0.5, 0.6) is 5.75 Å². The second kappa shape index (κ2) is 12.4. The van der Waals surface area contributed by atoms with Crippen molar-refractivity contribution in [1.82, 2.24) is 15.6 Å². The third-order valence-corrected chi connectivity index (χ3v) is 6.47. The van der Waals surface area contributed by atoms with Crippen molar-refractivity contribution in [2.24, 2.45) is 0 Å². The minimum absolute atomic E-state index is 0.112. The molecule has 202 valence electrons. The van der Waals surface area contributed by atoms with Crippen LogP contribution in [0.3, 0.4) is 0 Å². The van der Waals surface area contributed by atoms with Gasteiger partial charge >= 0.3 is 6.18 Å². The SMILES string of the molecule is COc1ccccc1Nc1nc(C(=O)N[C@@H](Cc2ccccc2)C(=O)NCc2cccc(C(F)(F)F)c2)cs1. The number of halogens is 3. The van der Waals surface area contributed by atoms with Crippen LogP contribution < -0.4 is 20.7 Å². The van der Waals surface area contributed by atoms with Crippen LogP contribution in [0.15, 0.2) is 84.2 Å². The maximum absolute atomic E-state index is 13.1. The van der Waals surface area contributed by atoms with Crippen molar-refractivity contribution in [3.8, 4) is 5.75 Å². The zero-order valence-corrected chi connectivity index (χ0v) is 21.6. The number of thiazole rings is 1. The van der Waals surface area contributed by atoms with Gasteiger partial charge in [0, 0.05) is 18.3 Å². The Kier molecular flexibility index (Phi) is 8.82. The molecule has 1 heterocycles. The molecule has 4 aromatic rings. The second-order valence-electron chi connectivity index (χ2n) is 8.49. The number of aromatic nitrogens is 1. The first-order valence-corrected chi connectivity index (χ1v) is 12.7. The van der Waals surface area contributed by atoms with Crippen molar-refractivity contribution in [1.29, 1.82) is 0 Å². The van der Waals surface area contributed by atoms with Gasteiger partial charge in [0.2, 0.25) is 5.91 Å². The Balaban J connectivity index is 1.46. The maximum atomic E-state index is 13.1. The van der Waals surface area contributed by atoms with Crippen molar-refractivity contribution in [2.45, 2.75) is 25.2 Å². The monoisotopic (exact) mass is 554 g/mol. The molecule has 0 bridgehead atoms. The number of carbonyl (C=O) groups is 2. The molecular formula is C28H25F3N4O3S. The molecule has 1 aromatic heterocycles. The predicted molar refractivity (Wildman–Crippen MR) is 143 cm³/mol. The Bertz CT molecular complexity index is 1430. The summed E-state index contributed by atoms with van der Waals surface area (Å²) in [6.07, 6.45) is -4.31. The molecule has 0 unspecified atom stereocenters. The fraction of sp³-hybridized carbons (Fsp3) is 0.179. The summed E-state index contributed by atoms with van der Waals surface area (Å²) in [5.74, 6) is -0.485. The lowest BCUT2D eigenvalue weighted by molar-refractivity contribution is -0.137. The molecule has 0 saturated heterocycles. The Morgan fingerprint density at radius 2 is 1.69 bits per heavy atom. The van der Waals surface area contributed by atoms with E-state index in [1.54, 1.807) is 18.6 Å². The van der Waals surface area contributed by atoms with Crippen LogP contribution in [0.2, 0.25) is 0 Å². The summed E-state index contributed by atoms with van der Waals surface area (Å²) in [5.41, 5.74) is 1.08. The first-order valence-electron chi connectivity index (χ1n) is 11.9. The molecule has 4 rings (SSSR count). The van der Waals surface area contributed by atoms with Crippen molar-refractivity contribution >= 4 is 34.0 Å². The summed E-state index contributed by atoms with van der Waals surface area (Å²) in [7, 11) is 1.55. The minimum atomic E-state index is -4.49. The summed E-state index contributed by atoms with van der Waals surface area (Å²) >= 11 is 1.21. The Morgan fingerprint density at radius 1 is 0.974 bits per heavy atom. The van der Waals surface area contributed by atoms with E-state index in [0.717, 1.165) is 17.7 Å². The standard InChI is InChI=1S/C28H25F3N4O3S/c1-38-24-13-6-5-12-21(24)34-27-35-23(17-39-27)26(37)33-22(15-18-8-3-2-4-9-18)25(36)32-16-19-10-7-11-20(14-19)28(29,30)31/h2-14,17,22H,15-16H2,1H3,(H,32,36)(H,33,37)(H,34,35)/t22-/m0/s1. The molecule has 0 spiro atoms. The molecule has 0 aliphatic rings. The summed E-state index contributed by atoms with van der Waals surface area (Å²) in [5, 5.41) is 10.5. The number of methoxy groups -OCH3 is 1. The molecule has 0 saturated carbocycles. The van der Waals surface area contributed by atoms with Crippen molar-refractivity contribution in [3.05, 3.63) is 107 Å². The van der Waals surface area contributed by atoms with Crippen LogP contribution in [-0.2, 0) is 23.9 Å². The summed E-state index contributed by atoms with van der Waals surface area (Å²) in [6, 6.07) is 20.1. The van der Waals surface area contributed by atoms with E-state index in [2.05, 4.69) is 20.9 Å². The number of alkyl halides is 3. The van der Waals surface area contributed by atoms with E-state index in [1.807, 2.05) is 48.5 Å². The molecule has 11 heteroatoms. The van der Waals surface area contributed by atoms with Crippen LogP contribution in [0, 0.1) is 0 Å². The third kappa shape index (κ3) is 7.57. The van der Waals surface area contributed by atoms with Gasteiger partial charge in [-0.15, -0.1) is 11.3 Å². The molecular weight excluding hydrogens is 529 g/mol. The number of ether oxygens (including phenoxy) is 1. The zero-order chi connectivity index (χ0) is 27.8. The number of nitrogens with zero attached hydrogens (tertiary/aromatic N) is 1. The largest absolute Gasteiger partial charge is 0.495 e. The van der Waals surface area contributed by atoms with Gasteiger partial charge in [-0.3, -0.25) is 9.59 Å². The van der Waals surface area contributed by atoms with Crippen LogP contribution in [0.1, 0.15) is 27.2 Å². The highest BCUT2D eigenvalue weighted by atomic mass is 32.1. The number of amides is 2. The Hall–Kier alpha value is -4.38. The summed E-state index contributed by atoms with van der Waals surface area (Å²) < 4.78 is 44.5. The highest BCUT2D eigenvalue weighted by Crippen LogP contribution is 2.30. The molecule has 0 radical (unpaired) electrons. The third-order valence-electron chi connectivity index (χ3n) is 5.71. The average Bonchev–Trinajstić information content (AvgIpc) is 3.40. The molecule has 1 atom stereocenters. The van der Waals surface area contributed by atoms with Gasteiger partial charge in [0.25, 0.3) is 5.91 Å². The molecule has 3 N–H and O–H groups in total. The number of anilines is 2. The van der Waals surface area contributed by atoms with Crippen molar-refractivity contribution < 1.29 is 27.5 Å². The number of para-hydroxylation sites is 2. The molecule has 3 aromatic carbocycles. The van der Waals surface area contributed by atoms with Gasteiger partial charge in [-0.25, -0.2) is 4.98 Å². The summed E-state index contributed by atoms with van der Waals surface area (Å²) in [4.78, 5) is 30.5. The summed E-state index contributed by atoms with van der Waals surface area (Å²) in [6.45, 7) is -0.131. The van der Waals surface area contributed by atoms with Gasteiger partial charge in [-0.1, -0.05) is 54.6 Å². The van der Waals surface area contributed by atoms with Gasteiger partial charge in [-0.2, -0.15) is 13.2 Å². The molecule has 0 aliphatic carbocycles. The smallest absolute Gasteiger partial charge is 0.416 e. The van der Waals surface area contributed by atoms with E-state index in [9.17, 15) is 22.8 Å². The predicted octanol–water partition coefficient (Wildman–Crippen LogP) is 5.57. The number of benzene rings is 3. The lowest BCUT2D eigenvalue weighted by Crippen LogP contribution is -2.48. The van der Waals surface area contributed by atoms with Gasteiger partial charge in [0.1, 0.15) is 17.5 Å². The number of carbonyl (C=O) groups excluding carboxylic acids is 2. The van der Waals surface area contributed by atoms with Crippen LogP contribution in [0.25, 0.3) is 0 Å². The topological polar surface area (TPSA) is 92.3 Å². The van der Waals surface area contributed by atoms with Gasteiger partial charge in [0.15, 0.2) is 5.13 Å². The van der Waals surface area contributed by atoms with E-state index < -0.39 is 29.6 Å². The maximum Gasteiger partial charge on any atom is 0.416 e. The number of nitrogens with one attached hydrogen (secondary N) is 3. The normalized spacial score (nSPS) is 11.9. The van der Waals surface area contributed by atoms with Crippen molar-refractivity contribution in [3.63, 3.8) is 0 Å². The molecule has 7 nitrogen and oxygen atoms in total. The number of hydrogen-bond donors (Lipinski definition) is 3. The van der Waals surface area contributed by atoms with Crippen LogP contribution in [-0.4, -0.2) is 29.9 Å². The first-order chi connectivity index (χ1) is 18.7. The minimum Gasteiger partial charge on any atom is -0.495 e. The van der Waals surface area contributed by atoms with Crippen LogP contribution in [0.4, 0.5) is 24.0 Å². The Morgan fingerprint density at radius 3 is 2.44 bits per heavy atom. The van der Waals surface area contributed by atoms with Gasteiger partial charge < -0.3 is 20.7 Å². The fourth-order valence-electron chi connectivity index (χ4n) is 3.76. The van der Waals surface area contributed by atoms with E-state index in [1.165, 1.54) is 23.5 Å². The second-order valence-corrected chi connectivity index (χ2v) is 9.35. The van der Waals surface area contributed by atoms with E-state index in [4.69, 9.17) is 4.74 Å². The van der Waals surface area contributed by atoms with E-state index in [-0.39, 0.29) is 24.2 Å². The van der Waals surface area contributed by atoms with Crippen molar-refractivity contribution in [2.75, 3.05) is 12.4 Å². The molecule has 39 heavy (non-hydrogen) atoms. The lowest BCUT2D eigenvalue weighted by atomic mass is 10.0. The van der Waals surface area contributed by atoms with Gasteiger partial charge in [-0.05, 0) is 35.4 Å². The highest BCUT2D eigenvalue weighted by Gasteiger charge is 2.30. The van der Waals surface area contributed by atoms with E-state index in [0.29, 0.717) is 16.6 Å². The quantitative estimate of drug-likeness (QED) is 0.238. The molecule has 0 aliphatic heterocycles. The van der Waals surface area contributed by atoms with E-state index >= 15 is 0 Å². The average molecular weight is 555 g/mol. The Labute approximate surface area is 227 Å². The zero-order valence-electron chi connectivity index (χ0n) is 20.8. The first kappa shape index (κ1) is 27.6. The fourth-order valence-corrected chi connectivity index (χ4v) is 4.46. The molecule has 0 fully saturated rings. The molecule has 2 amide bonds. The lowest BCUT2D eigenvalue weighted by Gasteiger charge is -2.18. The number of hydrogen-bond acceptors (Lipinski definition) is 6.